The number of carbonyl (C=O) groups is 1. The second-order valence-electron chi connectivity index (χ2n) is 6.28. The van der Waals surface area contributed by atoms with Crippen LogP contribution in [-0.4, -0.2) is 28.8 Å². The highest BCUT2D eigenvalue weighted by Crippen LogP contribution is 2.25. The summed E-state index contributed by atoms with van der Waals surface area (Å²) in [6.45, 7) is 9.46. The van der Waals surface area contributed by atoms with Gasteiger partial charge in [0.05, 0.1) is 11.7 Å². The van der Waals surface area contributed by atoms with Crippen molar-refractivity contribution in [3.05, 3.63) is 35.4 Å². The van der Waals surface area contributed by atoms with Crippen LogP contribution in [0.3, 0.4) is 0 Å². The Labute approximate surface area is 120 Å². The zero-order valence-electron chi connectivity index (χ0n) is 12.7. The van der Waals surface area contributed by atoms with Crippen LogP contribution in [0.5, 0.6) is 0 Å². The Morgan fingerprint density at radius 1 is 1.25 bits per heavy atom. The van der Waals surface area contributed by atoms with Crippen molar-refractivity contribution in [3.8, 4) is 0 Å². The molecule has 4 nitrogen and oxygen atoms in total. The van der Waals surface area contributed by atoms with Gasteiger partial charge in [0, 0.05) is 18.5 Å². The third-order valence-corrected chi connectivity index (χ3v) is 3.54. The number of hydrogen-bond acceptors (Lipinski definition) is 3. The fourth-order valence-electron chi connectivity index (χ4n) is 2.30. The molecular weight excluding hydrogens is 254 g/mol. The first kappa shape index (κ1) is 16.7. The molecule has 3 N–H and O–H groups in total. The van der Waals surface area contributed by atoms with Crippen molar-refractivity contribution in [3.63, 3.8) is 0 Å². The molecule has 1 rings (SSSR count). The van der Waals surface area contributed by atoms with Crippen LogP contribution in [0, 0.1) is 11.3 Å². The Morgan fingerprint density at radius 3 is 2.25 bits per heavy atom. The predicted molar refractivity (Wildman–Crippen MR) is 79.7 cm³/mol. The second-order valence-corrected chi connectivity index (χ2v) is 6.28. The van der Waals surface area contributed by atoms with Crippen molar-refractivity contribution in [2.24, 2.45) is 11.3 Å². The van der Waals surface area contributed by atoms with Crippen molar-refractivity contribution in [2.45, 2.75) is 40.3 Å². The molecule has 0 saturated carbocycles. The summed E-state index contributed by atoms with van der Waals surface area (Å²) < 4.78 is 0. The topological polar surface area (TPSA) is 69.6 Å². The maximum Gasteiger partial charge on any atom is 0.335 e. The third kappa shape index (κ3) is 4.62. The zero-order valence-corrected chi connectivity index (χ0v) is 12.7. The summed E-state index contributed by atoms with van der Waals surface area (Å²) in [5.74, 6) is -0.688. The number of carboxylic acids is 1. The summed E-state index contributed by atoms with van der Waals surface area (Å²) in [5.41, 5.74) is 1.13. The van der Waals surface area contributed by atoms with Crippen LogP contribution in [-0.2, 0) is 6.54 Å². The molecule has 1 aromatic rings. The first-order valence-electron chi connectivity index (χ1n) is 6.95. The van der Waals surface area contributed by atoms with E-state index in [4.69, 9.17) is 5.11 Å². The van der Waals surface area contributed by atoms with Crippen LogP contribution in [0.4, 0.5) is 0 Å². The zero-order chi connectivity index (χ0) is 15.3. The van der Waals surface area contributed by atoms with Crippen molar-refractivity contribution >= 4 is 5.97 Å². The van der Waals surface area contributed by atoms with Gasteiger partial charge in [0.15, 0.2) is 0 Å². The van der Waals surface area contributed by atoms with Crippen molar-refractivity contribution < 1.29 is 15.0 Å². The molecule has 0 fully saturated rings. The molecule has 0 heterocycles. The van der Waals surface area contributed by atoms with E-state index in [-0.39, 0.29) is 17.4 Å². The predicted octanol–water partition coefficient (Wildman–Crippen LogP) is 2.52. The van der Waals surface area contributed by atoms with E-state index >= 15 is 0 Å². The van der Waals surface area contributed by atoms with Gasteiger partial charge in [-0.3, -0.25) is 0 Å². The SMILES string of the molecule is CC(C)C(O)C(C)(C)CNCc1ccc(C(=O)O)cc1. The van der Waals surface area contributed by atoms with Gasteiger partial charge in [0.2, 0.25) is 0 Å². The molecule has 112 valence electrons. The molecule has 1 atom stereocenters. The number of benzene rings is 1. The Bertz CT molecular complexity index is 438. The average Bonchev–Trinajstić information content (AvgIpc) is 2.38. The highest BCUT2D eigenvalue weighted by Gasteiger charge is 2.29. The summed E-state index contributed by atoms with van der Waals surface area (Å²) in [6, 6.07) is 6.82. The summed E-state index contributed by atoms with van der Waals surface area (Å²) in [6.07, 6.45) is -0.357. The van der Waals surface area contributed by atoms with E-state index in [1.165, 1.54) is 0 Å². The fraction of sp³-hybridized carbons (Fsp3) is 0.562. The lowest BCUT2D eigenvalue weighted by Crippen LogP contribution is -2.41. The second kappa shape index (κ2) is 6.86. The number of rotatable bonds is 7. The molecule has 1 aromatic carbocycles. The molecular formula is C16H25NO3. The van der Waals surface area contributed by atoms with Crippen molar-refractivity contribution in [1.29, 1.82) is 0 Å². The minimum absolute atomic E-state index is 0.199. The molecule has 20 heavy (non-hydrogen) atoms. The number of aliphatic hydroxyl groups excluding tert-OH is 1. The Hall–Kier alpha value is -1.39. The maximum atomic E-state index is 10.8. The third-order valence-electron chi connectivity index (χ3n) is 3.54. The maximum absolute atomic E-state index is 10.8. The number of aliphatic hydroxyl groups is 1. The lowest BCUT2D eigenvalue weighted by Gasteiger charge is -2.33. The highest BCUT2D eigenvalue weighted by molar-refractivity contribution is 5.87. The van der Waals surface area contributed by atoms with Gasteiger partial charge < -0.3 is 15.5 Å². The molecule has 0 spiro atoms. The number of nitrogens with one attached hydrogen (secondary N) is 1. The molecule has 0 aromatic heterocycles. The molecule has 0 bridgehead atoms. The van der Waals surface area contributed by atoms with Crippen molar-refractivity contribution in [2.75, 3.05) is 6.54 Å². The first-order chi connectivity index (χ1) is 9.24. The minimum Gasteiger partial charge on any atom is -0.478 e. The van der Waals surface area contributed by atoms with Crippen LogP contribution < -0.4 is 5.32 Å². The Kier molecular flexibility index (Phi) is 5.72. The van der Waals surface area contributed by atoms with Gasteiger partial charge in [0.1, 0.15) is 0 Å². The minimum atomic E-state index is -0.911. The summed E-state index contributed by atoms with van der Waals surface area (Å²) in [4.78, 5) is 10.8. The van der Waals surface area contributed by atoms with E-state index in [0.29, 0.717) is 18.7 Å². The monoisotopic (exact) mass is 279 g/mol. The van der Waals surface area contributed by atoms with Crippen LogP contribution in [0.2, 0.25) is 0 Å². The Balaban J connectivity index is 2.50. The van der Waals surface area contributed by atoms with Gasteiger partial charge in [-0.05, 0) is 23.6 Å². The number of carboxylic acid groups (broad SMARTS) is 1. The molecule has 0 aliphatic carbocycles. The summed E-state index contributed by atoms with van der Waals surface area (Å²) in [7, 11) is 0. The molecule has 0 radical (unpaired) electrons. The van der Waals surface area contributed by atoms with E-state index in [2.05, 4.69) is 5.32 Å². The van der Waals surface area contributed by atoms with E-state index in [9.17, 15) is 9.90 Å². The highest BCUT2D eigenvalue weighted by atomic mass is 16.4. The van der Waals surface area contributed by atoms with E-state index < -0.39 is 5.97 Å². The van der Waals surface area contributed by atoms with Crippen LogP contribution in [0.25, 0.3) is 0 Å². The molecule has 0 saturated heterocycles. The van der Waals surface area contributed by atoms with Gasteiger partial charge in [-0.15, -0.1) is 0 Å². The average molecular weight is 279 g/mol. The van der Waals surface area contributed by atoms with Gasteiger partial charge in [0.25, 0.3) is 0 Å². The Morgan fingerprint density at radius 2 is 1.80 bits per heavy atom. The van der Waals surface area contributed by atoms with Gasteiger partial charge in [-0.25, -0.2) is 4.79 Å². The van der Waals surface area contributed by atoms with Crippen LogP contribution in [0.15, 0.2) is 24.3 Å². The quantitative estimate of drug-likeness (QED) is 0.717. The number of aromatic carboxylic acids is 1. The lowest BCUT2D eigenvalue weighted by atomic mass is 9.80. The smallest absolute Gasteiger partial charge is 0.335 e. The molecule has 0 amide bonds. The van der Waals surface area contributed by atoms with Crippen molar-refractivity contribution in [1.82, 2.24) is 5.32 Å². The standard InChI is InChI=1S/C16H25NO3/c1-11(2)14(18)16(3,4)10-17-9-12-5-7-13(8-6-12)15(19)20/h5-8,11,14,17-18H,9-10H2,1-4H3,(H,19,20). The van der Waals surface area contributed by atoms with Crippen LogP contribution in [0.1, 0.15) is 43.6 Å². The van der Waals surface area contributed by atoms with Crippen LogP contribution >= 0.6 is 0 Å². The molecule has 0 aliphatic heterocycles. The number of hydrogen-bond donors (Lipinski definition) is 3. The largest absolute Gasteiger partial charge is 0.478 e. The fourth-order valence-corrected chi connectivity index (χ4v) is 2.30. The van der Waals surface area contributed by atoms with Gasteiger partial charge in [-0.2, -0.15) is 0 Å². The summed E-state index contributed by atoms with van der Waals surface area (Å²) >= 11 is 0. The van der Waals surface area contributed by atoms with Gasteiger partial charge >= 0.3 is 5.97 Å². The summed E-state index contributed by atoms with van der Waals surface area (Å²) in [5, 5.41) is 22.3. The van der Waals surface area contributed by atoms with E-state index in [1.807, 2.05) is 39.8 Å². The molecule has 4 heteroatoms. The molecule has 0 aliphatic rings. The van der Waals surface area contributed by atoms with E-state index in [1.54, 1.807) is 12.1 Å². The lowest BCUT2D eigenvalue weighted by molar-refractivity contribution is 0.0134. The van der Waals surface area contributed by atoms with E-state index in [0.717, 1.165) is 5.56 Å². The normalized spacial score (nSPS) is 13.5. The molecule has 1 unspecified atom stereocenters. The first-order valence-corrected chi connectivity index (χ1v) is 6.95. The van der Waals surface area contributed by atoms with Gasteiger partial charge in [-0.1, -0.05) is 39.8 Å².